The maximum atomic E-state index is 4.32. The number of hydrogen-bond acceptors (Lipinski definition) is 3. The minimum Gasteiger partial charge on any atom is -0.245 e. The Kier molecular flexibility index (Phi) is 3.80. The van der Waals surface area contributed by atoms with Crippen molar-refractivity contribution in [1.82, 2.24) is 9.97 Å². The average Bonchev–Trinajstić information content (AvgIpc) is 2.06. The van der Waals surface area contributed by atoms with Gasteiger partial charge in [-0.15, -0.1) is 12.6 Å². The second-order valence-electron chi connectivity index (χ2n) is 2.48. The molecule has 0 aliphatic heterocycles. The molecule has 1 rings (SSSR count). The van der Waals surface area contributed by atoms with E-state index in [0.29, 0.717) is 0 Å². The zero-order valence-corrected chi connectivity index (χ0v) is 7.96. The van der Waals surface area contributed by atoms with Gasteiger partial charge < -0.3 is 0 Å². The predicted octanol–water partition coefficient (Wildman–Crippen LogP) is 2.24. The summed E-state index contributed by atoms with van der Waals surface area (Å²) in [5.74, 6) is 0. The number of hydrogen-bond donors (Lipinski definition) is 1. The van der Waals surface area contributed by atoms with Gasteiger partial charge in [-0.2, -0.15) is 0 Å². The van der Waals surface area contributed by atoms with E-state index in [4.69, 9.17) is 0 Å². The van der Waals surface area contributed by atoms with Crippen molar-refractivity contribution in [3.63, 3.8) is 0 Å². The van der Waals surface area contributed by atoms with Gasteiger partial charge in [-0.1, -0.05) is 13.0 Å². The fraction of sp³-hybridized carbons (Fsp3) is 0.333. The quantitative estimate of drug-likeness (QED) is 0.722. The Hall–Kier alpha value is -0.830. The molecule has 0 saturated heterocycles. The Labute approximate surface area is 78.2 Å². The molecule has 0 bridgehead atoms. The molecule has 3 heteroatoms. The van der Waals surface area contributed by atoms with Crippen LogP contribution in [-0.2, 0) is 6.42 Å². The lowest BCUT2D eigenvalue weighted by molar-refractivity contribution is 1.03. The van der Waals surface area contributed by atoms with Gasteiger partial charge in [-0.3, -0.25) is 0 Å². The molecule has 64 valence electrons. The van der Waals surface area contributed by atoms with Crippen molar-refractivity contribution in [2.24, 2.45) is 0 Å². The monoisotopic (exact) mass is 180 g/mol. The standard InChI is InChI=1S/C9H12N2S/c1-2-3-9(12)6-8-4-5-10-7-11-8/h3-5,7,12H,2,6H2,1H3. The summed E-state index contributed by atoms with van der Waals surface area (Å²) in [5, 5.41) is 0. The third-order valence-corrected chi connectivity index (χ3v) is 1.79. The highest BCUT2D eigenvalue weighted by Gasteiger charge is 1.94. The van der Waals surface area contributed by atoms with Gasteiger partial charge in [0.05, 0.1) is 0 Å². The van der Waals surface area contributed by atoms with Crippen molar-refractivity contribution >= 4 is 12.6 Å². The van der Waals surface area contributed by atoms with Crippen molar-refractivity contribution in [3.05, 3.63) is 35.3 Å². The first-order chi connectivity index (χ1) is 5.83. The lowest BCUT2D eigenvalue weighted by Gasteiger charge is -1.97. The van der Waals surface area contributed by atoms with Crippen LogP contribution in [0.2, 0.25) is 0 Å². The highest BCUT2D eigenvalue weighted by Crippen LogP contribution is 2.08. The van der Waals surface area contributed by atoms with Gasteiger partial charge in [0.1, 0.15) is 6.33 Å². The maximum Gasteiger partial charge on any atom is 0.115 e. The molecule has 1 aromatic heterocycles. The molecule has 0 fully saturated rings. The van der Waals surface area contributed by atoms with Crippen molar-refractivity contribution in [2.45, 2.75) is 19.8 Å². The fourth-order valence-electron chi connectivity index (χ4n) is 0.916. The third kappa shape index (κ3) is 3.05. The third-order valence-electron chi connectivity index (χ3n) is 1.45. The molecule has 0 amide bonds. The Morgan fingerprint density at radius 3 is 3.08 bits per heavy atom. The molecular weight excluding hydrogens is 168 g/mol. The summed E-state index contributed by atoms with van der Waals surface area (Å²) in [6.07, 6.45) is 7.21. The molecule has 0 aliphatic carbocycles. The molecular formula is C9H12N2S. The van der Waals surface area contributed by atoms with E-state index in [1.54, 1.807) is 12.5 Å². The number of rotatable bonds is 3. The summed E-state index contributed by atoms with van der Waals surface area (Å²) in [6, 6.07) is 1.90. The first-order valence-electron chi connectivity index (χ1n) is 3.95. The van der Waals surface area contributed by atoms with E-state index in [9.17, 15) is 0 Å². The summed E-state index contributed by atoms with van der Waals surface area (Å²) in [4.78, 5) is 9.01. The van der Waals surface area contributed by atoms with Gasteiger partial charge in [0.25, 0.3) is 0 Å². The minimum absolute atomic E-state index is 0.805. The first-order valence-corrected chi connectivity index (χ1v) is 4.40. The maximum absolute atomic E-state index is 4.32. The van der Waals surface area contributed by atoms with E-state index < -0.39 is 0 Å². The molecule has 2 nitrogen and oxygen atoms in total. The van der Waals surface area contributed by atoms with Gasteiger partial charge in [-0.25, -0.2) is 9.97 Å². The van der Waals surface area contributed by atoms with E-state index in [1.165, 1.54) is 0 Å². The van der Waals surface area contributed by atoms with Crippen molar-refractivity contribution < 1.29 is 0 Å². The molecule has 0 aliphatic rings. The van der Waals surface area contributed by atoms with E-state index in [-0.39, 0.29) is 0 Å². The zero-order chi connectivity index (χ0) is 8.81. The number of allylic oxidation sites excluding steroid dienone is 2. The molecule has 0 radical (unpaired) electrons. The highest BCUT2D eigenvalue weighted by molar-refractivity contribution is 7.84. The van der Waals surface area contributed by atoms with Crippen molar-refractivity contribution in [1.29, 1.82) is 0 Å². The second kappa shape index (κ2) is 4.93. The molecule has 1 aromatic rings. The van der Waals surface area contributed by atoms with Gasteiger partial charge >= 0.3 is 0 Å². The van der Waals surface area contributed by atoms with Crippen LogP contribution in [-0.4, -0.2) is 9.97 Å². The molecule has 0 unspecified atom stereocenters. The van der Waals surface area contributed by atoms with Crippen molar-refractivity contribution in [2.75, 3.05) is 0 Å². The smallest absolute Gasteiger partial charge is 0.115 e. The largest absolute Gasteiger partial charge is 0.245 e. The van der Waals surface area contributed by atoms with Crippen LogP contribution in [0.1, 0.15) is 19.0 Å². The van der Waals surface area contributed by atoms with Crippen LogP contribution < -0.4 is 0 Å². The van der Waals surface area contributed by atoms with E-state index >= 15 is 0 Å². The van der Waals surface area contributed by atoms with Gasteiger partial charge in [0, 0.05) is 18.3 Å². The molecule has 0 saturated carbocycles. The van der Waals surface area contributed by atoms with Crippen LogP contribution in [0.5, 0.6) is 0 Å². The second-order valence-corrected chi connectivity index (χ2v) is 3.06. The Morgan fingerprint density at radius 1 is 1.67 bits per heavy atom. The highest BCUT2D eigenvalue weighted by atomic mass is 32.1. The molecule has 0 atom stereocenters. The lowest BCUT2D eigenvalue weighted by atomic mass is 10.2. The van der Waals surface area contributed by atoms with E-state index in [1.807, 2.05) is 6.07 Å². The summed E-state index contributed by atoms with van der Waals surface area (Å²) in [7, 11) is 0. The topological polar surface area (TPSA) is 25.8 Å². The molecule has 1 heterocycles. The van der Waals surface area contributed by atoms with Crippen LogP contribution in [0.15, 0.2) is 29.6 Å². The summed E-state index contributed by atoms with van der Waals surface area (Å²) >= 11 is 4.32. The summed E-state index contributed by atoms with van der Waals surface area (Å²) in [5.41, 5.74) is 1.01. The molecule has 0 N–H and O–H groups in total. The van der Waals surface area contributed by atoms with E-state index in [0.717, 1.165) is 23.4 Å². The van der Waals surface area contributed by atoms with Crippen LogP contribution in [0.3, 0.4) is 0 Å². The zero-order valence-electron chi connectivity index (χ0n) is 7.07. The predicted molar refractivity (Wildman–Crippen MR) is 53.1 cm³/mol. The van der Waals surface area contributed by atoms with E-state index in [2.05, 4.69) is 35.6 Å². The molecule has 12 heavy (non-hydrogen) atoms. The number of thiol groups is 1. The Balaban J connectivity index is 2.58. The van der Waals surface area contributed by atoms with Gasteiger partial charge in [0.15, 0.2) is 0 Å². The van der Waals surface area contributed by atoms with Crippen LogP contribution in [0.4, 0.5) is 0 Å². The first kappa shape index (κ1) is 9.26. The average molecular weight is 180 g/mol. The minimum atomic E-state index is 0.805. The van der Waals surface area contributed by atoms with Crippen LogP contribution >= 0.6 is 12.6 Å². The fourth-order valence-corrected chi connectivity index (χ4v) is 1.26. The molecule has 0 aromatic carbocycles. The van der Waals surface area contributed by atoms with Crippen LogP contribution in [0.25, 0.3) is 0 Å². The normalized spacial score (nSPS) is 11.7. The molecule has 0 spiro atoms. The van der Waals surface area contributed by atoms with Crippen LogP contribution in [0, 0.1) is 0 Å². The summed E-state index contributed by atoms with van der Waals surface area (Å²) < 4.78 is 0. The van der Waals surface area contributed by atoms with Gasteiger partial charge in [0.2, 0.25) is 0 Å². The van der Waals surface area contributed by atoms with Crippen molar-refractivity contribution in [3.8, 4) is 0 Å². The number of aromatic nitrogens is 2. The Bertz CT molecular complexity index is 256. The van der Waals surface area contributed by atoms with Gasteiger partial charge in [-0.05, 0) is 17.4 Å². The lowest BCUT2D eigenvalue weighted by Crippen LogP contribution is -1.89. The SMILES string of the molecule is CCC=C(S)Cc1ccncn1. The number of nitrogens with zero attached hydrogens (tertiary/aromatic N) is 2. The Morgan fingerprint density at radius 2 is 2.50 bits per heavy atom. The summed E-state index contributed by atoms with van der Waals surface area (Å²) in [6.45, 7) is 2.09.